The standard InChI is InChI=1S/C21H16F3N3O2/c22-21(23,24)15-6-4-5-14(11-15)13-26-27-20(28)18-12-16(25)9-10-19(18)29-17-7-2-1-3-8-17/h1-13H,25H2,(H,27,28)/b26-13+. The number of rotatable bonds is 5. The number of hydrazone groups is 1. The SMILES string of the molecule is Nc1ccc(Oc2ccccc2)c(C(=O)N/N=C/c2cccc(C(F)(F)F)c2)c1. The van der Waals surface area contributed by atoms with Crippen molar-refractivity contribution in [3.63, 3.8) is 0 Å². The average Bonchev–Trinajstić information content (AvgIpc) is 2.69. The number of carbonyl (C=O) groups is 1. The van der Waals surface area contributed by atoms with E-state index in [2.05, 4.69) is 10.5 Å². The van der Waals surface area contributed by atoms with Crippen molar-refractivity contribution < 1.29 is 22.7 Å². The molecule has 29 heavy (non-hydrogen) atoms. The van der Waals surface area contributed by atoms with Crippen LogP contribution >= 0.6 is 0 Å². The number of alkyl halides is 3. The van der Waals surface area contributed by atoms with E-state index in [-0.39, 0.29) is 16.9 Å². The third kappa shape index (κ3) is 5.35. The van der Waals surface area contributed by atoms with Gasteiger partial charge in [0, 0.05) is 5.69 Å². The Kier molecular flexibility index (Phi) is 5.82. The first-order chi connectivity index (χ1) is 13.8. The normalized spacial score (nSPS) is 11.4. The van der Waals surface area contributed by atoms with E-state index in [9.17, 15) is 18.0 Å². The third-order valence-electron chi connectivity index (χ3n) is 3.81. The number of nitrogens with two attached hydrogens (primary N) is 1. The third-order valence-corrected chi connectivity index (χ3v) is 3.81. The molecular weight excluding hydrogens is 383 g/mol. The molecule has 3 rings (SSSR count). The summed E-state index contributed by atoms with van der Waals surface area (Å²) in [7, 11) is 0. The van der Waals surface area contributed by atoms with Crippen LogP contribution in [0, 0.1) is 0 Å². The number of para-hydroxylation sites is 1. The summed E-state index contributed by atoms with van der Waals surface area (Å²) in [6.07, 6.45) is -3.34. The highest BCUT2D eigenvalue weighted by molar-refractivity contribution is 5.98. The van der Waals surface area contributed by atoms with Crippen LogP contribution in [0.5, 0.6) is 11.5 Å². The van der Waals surface area contributed by atoms with Gasteiger partial charge in [-0.3, -0.25) is 4.79 Å². The molecule has 0 spiro atoms. The number of hydrogen-bond donors (Lipinski definition) is 2. The number of ether oxygens (including phenoxy) is 1. The molecule has 0 heterocycles. The molecule has 3 N–H and O–H groups in total. The number of benzene rings is 3. The lowest BCUT2D eigenvalue weighted by atomic mass is 10.1. The van der Waals surface area contributed by atoms with Gasteiger partial charge in [0.25, 0.3) is 5.91 Å². The number of nitrogen functional groups attached to an aromatic ring is 1. The van der Waals surface area contributed by atoms with Crippen LogP contribution in [0.15, 0.2) is 77.9 Å². The van der Waals surface area contributed by atoms with E-state index in [1.165, 1.54) is 18.2 Å². The summed E-state index contributed by atoms with van der Waals surface area (Å²) in [4.78, 5) is 12.5. The Balaban J connectivity index is 1.76. The molecule has 3 aromatic rings. The molecule has 0 aliphatic rings. The molecule has 0 aliphatic heterocycles. The predicted molar refractivity (Wildman–Crippen MR) is 104 cm³/mol. The van der Waals surface area contributed by atoms with Crippen molar-refractivity contribution in [3.05, 3.63) is 89.5 Å². The Hall–Kier alpha value is -3.81. The first kappa shape index (κ1) is 19.9. The van der Waals surface area contributed by atoms with Gasteiger partial charge >= 0.3 is 6.18 Å². The summed E-state index contributed by atoms with van der Waals surface area (Å²) in [5, 5.41) is 3.73. The molecule has 0 radical (unpaired) electrons. The summed E-state index contributed by atoms with van der Waals surface area (Å²) >= 11 is 0. The van der Waals surface area contributed by atoms with Gasteiger partial charge in [0.1, 0.15) is 11.5 Å². The Bertz CT molecular complexity index is 1030. The summed E-state index contributed by atoms with van der Waals surface area (Å²) in [5.41, 5.74) is 7.89. The van der Waals surface area contributed by atoms with Gasteiger partial charge in [-0.15, -0.1) is 0 Å². The smallest absolute Gasteiger partial charge is 0.416 e. The fourth-order valence-corrected chi connectivity index (χ4v) is 2.45. The largest absolute Gasteiger partial charge is 0.457 e. The maximum Gasteiger partial charge on any atom is 0.416 e. The number of halogens is 3. The van der Waals surface area contributed by atoms with Crippen molar-refractivity contribution in [2.75, 3.05) is 5.73 Å². The van der Waals surface area contributed by atoms with Gasteiger partial charge in [-0.05, 0) is 48.0 Å². The second-order valence-corrected chi connectivity index (χ2v) is 5.99. The molecule has 0 bridgehead atoms. The van der Waals surface area contributed by atoms with Crippen LogP contribution in [0.25, 0.3) is 0 Å². The summed E-state index contributed by atoms with van der Waals surface area (Å²) in [5.74, 6) is 0.169. The second kappa shape index (κ2) is 8.47. The first-order valence-electron chi connectivity index (χ1n) is 8.46. The predicted octanol–water partition coefficient (Wildman–Crippen LogP) is 4.84. The minimum atomic E-state index is -4.46. The van der Waals surface area contributed by atoms with Crippen LogP contribution in [-0.2, 0) is 6.18 Å². The van der Waals surface area contributed by atoms with Crippen LogP contribution in [0.2, 0.25) is 0 Å². The van der Waals surface area contributed by atoms with Crippen molar-refractivity contribution in [2.24, 2.45) is 5.10 Å². The summed E-state index contributed by atoms with van der Waals surface area (Å²) in [6.45, 7) is 0. The van der Waals surface area contributed by atoms with Crippen molar-refractivity contribution in [1.82, 2.24) is 5.43 Å². The number of nitrogens with zero attached hydrogens (tertiary/aromatic N) is 1. The molecule has 3 aromatic carbocycles. The van der Waals surface area contributed by atoms with Gasteiger partial charge in [0.2, 0.25) is 0 Å². The molecule has 0 aliphatic carbocycles. The Labute approximate surface area is 164 Å². The van der Waals surface area contributed by atoms with Crippen molar-refractivity contribution >= 4 is 17.8 Å². The van der Waals surface area contributed by atoms with Gasteiger partial charge in [-0.1, -0.05) is 30.3 Å². The van der Waals surface area contributed by atoms with Gasteiger partial charge in [-0.25, -0.2) is 5.43 Å². The van der Waals surface area contributed by atoms with Crippen molar-refractivity contribution in [3.8, 4) is 11.5 Å². The fraction of sp³-hybridized carbons (Fsp3) is 0.0476. The highest BCUT2D eigenvalue weighted by Gasteiger charge is 2.30. The van der Waals surface area contributed by atoms with Crippen LogP contribution < -0.4 is 15.9 Å². The molecule has 0 saturated heterocycles. The van der Waals surface area contributed by atoms with Crippen molar-refractivity contribution in [2.45, 2.75) is 6.18 Å². The highest BCUT2D eigenvalue weighted by atomic mass is 19.4. The lowest BCUT2D eigenvalue weighted by Crippen LogP contribution is -2.18. The molecular formula is C21H16F3N3O2. The number of nitrogens with one attached hydrogen (secondary N) is 1. The second-order valence-electron chi connectivity index (χ2n) is 5.99. The van der Waals surface area contributed by atoms with E-state index in [1.807, 2.05) is 6.07 Å². The van der Waals surface area contributed by atoms with E-state index in [4.69, 9.17) is 10.5 Å². The van der Waals surface area contributed by atoms with Crippen molar-refractivity contribution in [1.29, 1.82) is 0 Å². The Morgan fingerprint density at radius 2 is 1.76 bits per heavy atom. The van der Waals surface area contributed by atoms with Crippen LogP contribution in [0.3, 0.4) is 0 Å². The highest BCUT2D eigenvalue weighted by Crippen LogP contribution is 2.29. The minimum absolute atomic E-state index is 0.134. The maximum absolute atomic E-state index is 12.8. The molecule has 8 heteroatoms. The van der Waals surface area contributed by atoms with E-state index in [0.717, 1.165) is 18.3 Å². The molecule has 5 nitrogen and oxygen atoms in total. The minimum Gasteiger partial charge on any atom is -0.457 e. The van der Waals surface area contributed by atoms with Gasteiger partial charge in [0.05, 0.1) is 17.3 Å². The molecule has 0 atom stereocenters. The number of carbonyl (C=O) groups excluding carboxylic acids is 1. The number of hydrogen-bond acceptors (Lipinski definition) is 4. The van der Waals surface area contributed by atoms with Gasteiger partial charge in [-0.2, -0.15) is 18.3 Å². The monoisotopic (exact) mass is 399 g/mol. The molecule has 0 aromatic heterocycles. The van der Waals surface area contributed by atoms with E-state index in [1.54, 1.807) is 36.4 Å². The van der Waals surface area contributed by atoms with E-state index >= 15 is 0 Å². The zero-order valence-corrected chi connectivity index (χ0v) is 15.0. The van der Waals surface area contributed by atoms with E-state index in [0.29, 0.717) is 11.4 Å². The fourth-order valence-electron chi connectivity index (χ4n) is 2.45. The molecule has 1 amide bonds. The van der Waals surface area contributed by atoms with Crippen LogP contribution in [0.1, 0.15) is 21.5 Å². The van der Waals surface area contributed by atoms with Gasteiger partial charge < -0.3 is 10.5 Å². The Morgan fingerprint density at radius 3 is 2.48 bits per heavy atom. The summed E-state index contributed by atoms with van der Waals surface area (Å²) in [6, 6.07) is 18.0. The topological polar surface area (TPSA) is 76.7 Å². The lowest BCUT2D eigenvalue weighted by molar-refractivity contribution is -0.137. The average molecular weight is 399 g/mol. The Morgan fingerprint density at radius 1 is 1.00 bits per heavy atom. The van der Waals surface area contributed by atoms with Crippen LogP contribution in [0.4, 0.5) is 18.9 Å². The quantitative estimate of drug-likeness (QED) is 0.366. The number of amides is 1. The lowest BCUT2D eigenvalue weighted by Gasteiger charge is -2.11. The first-order valence-corrected chi connectivity index (χ1v) is 8.46. The number of anilines is 1. The van der Waals surface area contributed by atoms with Gasteiger partial charge in [0.15, 0.2) is 0 Å². The maximum atomic E-state index is 12.8. The molecule has 0 unspecified atom stereocenters. The molecule has 0 fully saturated rings. The molecule has 0 saturated carbocycles. The van der Waals surface area contributed by atoms with Crippen LogP contribution in [-0.4, -0.2) is 12.1 Å². The molecule has 148 valence electrons. The summed E-state index contributed by atoms with van der Waals surface area (Å²) < 4.78 is 44.0. The van der Waals surface area contributed by atoms with E-state index < -0.39 is 17.6 Å². The zero-order chi connectivity index (χ0) is 20.9. The zero-order valence-electron chi connectivity index (χ0n) is 15.0.